The monoisotopic (exact) mass is 395 g/mol. The third-order valence-electron chi connectivity index (χ3n) is 0. The summed E-state index contributed by atoms with van der Waals surface area (Å²) >= 11 is 0. The molecule has 0 rings (SSSR count). The van der Waals surface area contributed by atoms with Gasteiger partial charge in [0.15, 0.2) is 0 Å². The first-order chi connectivity index (χ1) is 0. The molecule has 0 amide bonds. The average Bonchev–Trinajstić information content (AvgIpc) is 0. The van der Waals surface area contributed by atoms with Crippen LogP contribution in [-0.2, 0) is 44.4 Å². The fourth-order valence-corrected chi connectivity index (χ4v) is 0. The van der Waals surface area contributed by atoms with Crippen LogP contribution in [0.2, 0.25) is 0 Å². The smallest absolute Gasteiger partial charge is 1.00 e. The topological polar surface area (TPSA) is 0 Å². The Kier molecular flexibility index (Phi) is 199. The average molecular weight is 394 g/mol. The summed E-state index contributed by atoms with van der Waals surface area (Å²) in [4.78, 5) is 0. The largest absolute Gasteiger partial charge is 2.00 e. The maximum Gasteiger partial charge on any atom is 2.00 e. The molecule has 0 fully saturated rings. The van der Waals surface area contributed by atoms with Crippen LogP contribution in [0.4, 0.5) is 0 Å². The van der Waals surface area contributed by atoms with Gasteiger partial charge in [-0.1, -0.05) is 0 Å². The van der Waals surface area contributed by atoms with Gasteiger partial charge in [-0.2, -0.15) is 0 Å². The summed E-state index contributed by atoms with van der Waals surface area (Å²) in [7, 11) is 0. The van der Waals surface area contributed by atoms with E-state index in [1.165, 1.54) is 0 Å². The van der Waals surface area contributed by atoms with Gasteiger partial charge in [-0.05, 0) is 0 Å². The maximum absolute atomic E-state index is 0. The van der Waals surface area contributed by atoms with Crippen LogP contribution >= 0.6 is 0 Å². The molecule has 6 heteroatoms. The second-order valence-electron chi connectivity index (χ2n) is 0. The first kappa shape index (κ1) is 39.6. The van der Waals surface area contributed by atoms with Gasteiger partial charge in [-0.15, -0.1) is 0 Å². The van der Waals surface area contributed by atoms with Crippen molar-refractivity contribution in [2.24, 2.45) is 0 Å². The molecule has 0 aromatic rings. The van der Waals surface area contributed by atoms with Crippen LogP contribution in [0.25, 0.3) is 0 Å². The molecule has 0 aliphatic heterocycles. The Morgan fingerprint density at radius 1 is 1.17 bits per heavy atom. The van der Waals surface area contributed by atoms with Gasteiger partial charge in [0.1, 0.15) is 0 Å². The van der Waals surface area contributed by atoms with Gasteiger partial charge >= 0.3 is 132 Å². The van der Waals surface area contributed by atoms with Crippen molar-refractivity contribution in [2.45, 2.75) is 0 Å². The molecule has 0 aliphatic rings. The maximum atomic E-state index is 0. The second kappa shape index (κ2) is 30.2. The molecule has 0 unspecified atom stereocenters. The minimum absolute atomic E-state index is 0. The van der Waals surface area contributed by atoms with Gasteiger partial charge in [0.05, 0.1) is 0 Å². The minimum atomic E-state index is 0. The van der Waals surface area contributed by atoms with Crippen molar-refractivity contribution in [3.8, 4) is 0 Å². The van der Waals surface area contributed by atoms with E-state index in [9.17, 15) is 0 Å². The molecule has 0 aromatic carbocycles. The first-order valence-electron chi connectivity index (χ1n) is 0. The van der Waals surface area contributed by atoms with Crippen molar-refractivity contribution in [1.29, 1.82) is 0 Å². The number of hydrogen-bond donors (Lipinski definition) is 0. The Morgan fingerprint density at radius 3 is 1.17 bits per heavy atom. The van der Waals surface area contributed by atoms with Crippen molar-refractivity contribution in [3.05, 3.63) is 0 Å². The molecule has 23 valence electrons. The van der Waals surface area contributed by atoms with Crippen LogP contribution in [-0.4, -0.2) is 149 Å². The number of hydrogen-bond acceptors (Lipinski definition) is 0. The fourth-order valence-electron chi connectivity index (χ4n) is 0. The molecule has 0 atom stereocenters. The summed E-state index contributed by atoms with van der Waals surface area (Å²) in [5.41, 5.74) is 0. The van der Waals surface area contributed by atoms with Crippen LogP contribution in [0, 0.1) is 0 Å². The molecule has 0 aromatic heterocycles. The van der Waals surface area contributed by atoms with Crippen LogP contribution < -0.4 is 0 Å². The zero-order chi connectivity index (χ0) is 0. The molecular weight excluding hydrogens is 388 g/mol. The van der Waals surface area contributed by atoms with Gasteiger partial charge < -0.3 is 8.56 Å². The van der Waals surface area contributed by atoms with Crippen molar-refractivity contribution in [3.63, 3.8) is 0 Å². The van der Waals surface area contributed by atoms with Crippen LogP contribution in [0.1, 0.15) is 8.56 Å². The van der Waals surface area contributed by atoms with Gasteiger partial charge in [-0.3, -0.25) is 0 Å². The van der Waals surface area contributed by atoms with Gasteiger partial charge in [-0.25, -0.2) is 0 Å². The first-order valence-corrected chi connectivity index (χ1v) is 0. The Morgan fingerprint density at radius 2 is 1.17 bits per heavy atom. The molecule has 0 saturated carbocycles. The summed E-state index contributed by atoms with van der Waals surface area (Å²) in [5.74, 6) is 0. The van der Waals surface area contributed by atoms with Gasteiger partial charge in [0, 0.05) is 61.8 Å². The minimum Gasteiger partial charge on any atom is -1.00 e. The van der Waals surface area contributed by atoms with E-state index in [4.69, 9.17) is 0 Å². The fraction of sp³-hybridized carbons (Fsp3) is 0. The van der Waals surface area contributed by atoms with Crippen LogP contribution in [0.5, 0.6) is 0 Å². The molecule has 0 spiro atoms. The van der Waals surface area contributed by atoms with Crippen LogP contribution in [0.3, 0.4) is 0 Å². The van der Waals surface area contributed by atoms with Crippen molar-refractivity contribution < 1.29 is 53.0 Å². The second-order valence-corrected chi connectivity index (χ2v) is 0. The van der Waals surface area contributed by atoms with Gasteiger partial charge in [0.2, 0.25) is 0 Å². The molecule has 0 bridgehead atoms. The predicted octanol–water partition coefficient (Wildman–Crippen LogP) is -0.853. The Balaban J connectivity index is 0. The standard InChI is InChI=1S/Al.Ba.Ca.Sc.Sr.V.6H/q;2*+2;;+2;;6*-1. The normalized spacial score (nSPS) is 0. The Bertz CT molecular complexity index is 27.5. The van der Waals surface area contributed by atoms with Gasteiger partial charge in [0.25, 0.3) is 0 Å². The summed E-state index contributed by atoms with van der Waals surface area (Å²) in [6.45, 7) is 0. The summed E-state index contributed by atoms with van der Waals surface area (Å²) < 4.78 is 0. The molecular formula is H6AlBaCaScSrV. The quantitative estimate of drug-likeness (QED) is 0.470. The van der Waals surface area contributed by atoms with E-state index in [0.29, 0.717) is 0 Å². The third kappa shape index (κ3) is 22.4. The molecule has 0 saturated heterocycles. The zero-order valence-electron chi connectivity index (χ0n) is 9.72. The summed E-state index contributed by atoms with van der Waals surface area (Å²) in [6, 6.07) is 0. The van der Waals surface area contributed by atoms with E-state index in [-0.39, 0.29) is 202 Å². The van der Waals surface area contributed by atoms with Crippen molar-refractivity contribution in [2.75, 3.05) is 0 Å². The van der Waals surface area contributed by atoms with Crippen molar-refractivity contribution >= 4 is 149 Å². The summed E-state index contributed by atoms with van der Waals surface area (Å²) in [5, 5.41) is 0. The predicted molar refractivity (Wildman–Crippen MR) is 29.7 cm³/mol. The van der Waals surface area contributed by atoms with E-state index in [0.717, 1.165) is 0 Å². The van der Waals surface area contributed by atoms with Crippen molar-refractivity contribution in [1.82, 2.24) is 0 Å². The number of rotatable bonds is 0. The molecule has 0 N–H and O–H groups in total. The zero-order valence-corrected chi connectivity index (χ0v) is 18.2. The molecule has 0 aliphatic carbocycles. The molecule has 6 heavy (non-hydrogen) atoms. The van der Waals surface area contributed by atoms with Crippen LogP contribution in [0.15, 0.2) is 0 Å². The Labute approximate surface area is 196 Å². The summed E-state index contributed by atoms with van der Waals surface area (Å²) in [6.07, 6.45) is 0. The molecule has 0 nitrogen and oxygen atoms in total. The van der Waals surface area contributed by atoms with E-state index in [1.807, 2.05) is 0 Å². The Hall–Kier alpha value is 6.30. The van der Waals surface area contributed by atoms with E-state index in [1.54, 1.807) is 0 Å². The molecule has 0 heterocycles. The van der Waals surface area contributed by atoms with E-state index in [2.05, 4.69) is 0 Å². The third-order valence-corrected chi connectivity index (χ3v) is 0. The molecule has 5 radical (unpaired) electrons. The SMILES string of the molecule is [Al].[Ba+2].[Ca+2].[H-].[H-].[H-].[H-].[H-].[H-].[Sc].[Sr+2].[V]. The van der Waals surface area contributed by atoms with E-state index < -0.39 is 0 Å². The van der Waals surface area contributed by atoms with E-state index >= 15 is 0 Å².